The summed E-state index contributed by atoms with van der Waals surface area (Å²) in [5, 5.41) is 19.1. The lowest BCUT2D eigenvalue weighted by atomic mass is 9.85. The third kappa shape index (κ3) is 7.60. The number of aromatic amines is 1. The molecule has 3 aromatic rings. The highest BCUT2D eigenvalue weighted by molar-refractivity contribution is 5.94. The number of nitrogens with one attached hydrogen (secondary N) is 1. The number of carbonyl (C=O) groups is 2. The summed E-state index contributed by atoms with van der Waals surface area (Å²) in [5.74, 6) is -1.18. The molecule has 0 saturated carbocycles. The fraction of sp³-hybridized carbons (Fsp3) is 0.385. The van der Waals surface area contributed by atoms with E-state index in [1.165, 1.54) is 6.20 Å². The number of aliphatic hydroxyl groups is 1. The summed E-state index contributed by atoms with van der Waals surface area (Å²) < 4.78 is 10.7. The lowest BCUT2D eigenvalue weighted by Crippen LogP contribution is -2.27. The van der Waals surface area contributed by atoms with Gasteiger partial charge in [0.2, 0.25) is 0 Å². The first-order valence-corrected chi connectivity index (χ1v) is 11.5. The van der Waals surface area contributed by atoms with Crippen LogP contribution < -0.4 is 0 Å². The molecular weight excluding hydrogens is 434 g/mol. The first kappa shape index (κ1) is 25.3. The van der Waals surface area contributed by atoms with Gasteiger partial charge in [-0.25, -0.2) is 0 Å². The molecule has 0 bridgehead atoms. The lowest BCUT2D eigenvalue weighted by molar-refractivity contribution is -0.151. The number of carbonyl (C=O) groups excluding carboxylic acids is 2. The van der Waals surface area contributed by atoms with Gasteiger partial charge in [-0.3, -0.25) is 9.59 Å². The topological polar surface area (TPSA) is 114 Å². The monoisotopic (exact) mass is 465 g/mol. The first-order valence-electron chi connectivity index (χ1n) is 11.5. The van der Waals surface area contributed by atoms with Gasteiger partial charge in [-0.05, 0) is 42.4 Å². The number of H-pyrrole nitrogens is 1. The molecule has 180 valence electrons. The highest BCUT2D eigenvalue weighted by Gasteiger charge is 2.27. The van der Waals surface area contributed by atoms with Crippen LogP contribution in [-0.2, 0) is 20.7 Å². The van der Waals surface area contributed by atoms with Crippen LogP contribution in [0.4, 0.5) is 0 Å². The second-order valence-electron chi connectivity index (χ2n) is 8.10. The predicted molar refractivity (Wildman–Crippen MR) is 127 cm³/mol. The Bertz CT molecular complexity index is 1010. The van der Waals surface area contributed by atoms with E-state index in [4.69, 9.17) is 14.6 Å². The van der Waals surface area contributed by atoms with Crippen molar-refractivity contribution in [1.82, 2.24) is 15.4 Å². The van der Waals surface area contributed by atoms with Crippen LogP contribution in [0.25, 0.3) is 11.1 Å². The average molecular weight is 466 g/mol. The van der Waals surface area contributed by atoms with Crippen LogP contribution in [0.1, 0.15) is 35.8 Å². The zero-order chi connectivity index (χ0) is 24.2. The summed E-state index contributed by atoms with van der Waals surface area (Å²) in [6.45, 7) is 2.15. The number of benzene rings is 2. The molecule has 0 spiro atoms. The fourth-order valence-electron chi connectivity index (χ4n) is 3.92. The van der Waals surface area contributed by atoms with Crippen molar-refractivity contribution in [2.75, 3.05) is 26.4 Å². The molecule has 0 radical (unpaired) electrons. The molecule has 0 aliphatic heterocycles. The largest absolute Gasteiger partial charge is 0.466 e. The van der Waals surface area contributed by atoms with Gasteiger partial charge >= 0.3 is 5.97 Å². The molecule has 0 aliphatic carbocycles. The summed E-state index contributed by atoms with van der Waals surface area (Å²) in [5.41, 5.74) is 3.58. The van der Waals surface area contributed by atoms with Crippen LogP contribution in [0.5, 0.6) is 0 Å². The molecule has 0 aliphatic rings. The van der Waals surface area contributed by atoms with Crippen molar-refractivity contribution in [3.8, 4) is 11.1 Å². The van der Waals surface area contributed by atoms with E-state index in [0.717, 1.165) is 16.7 Å². The van der Waals surface area contributed by atoms with Gasteiger partial charge in [0.05, 0.1) is 38.5 Å². The third-order valence-corrected chi connectivity index (χ3v) is 5.55. The van der Waals surface area contributed by atoms with Crippen molar-refractivity contribution < 1.29 is 24.2 Å². The lowest BCUT2D eigenvalue weighted by Gasteiger charge is -2.22. The number of rotatable bonds is 14. The molecule has 0 saturated heterocycles. The highest BCUT2D eigenvalue weighted by Crippen LogP contribution is 2.26. The summed E-state index contributed by atoms with van der Waals surface area (Å²) in [6, 6.07) is 18.3. The first-order chi connectivity index (χ1) is 16.6. The zero-order valence-corrected chi connectivity index (χ0v) is 19.4. The van der Waals surface area contributed by atoms with Gasteiger partial charge < -0.3 is 14.6 Å². The van der Waals surface area contributed by atoms with E-state index in [1.807, 2.05) is 18.2 Å². The van der Waals surface area contributed by atoms with Crippen molar-refractivity contribution in [3.05, 3.63) is 72.1 Å². The molecule has 0 amide bonds. The molecule has 2 atom stereocenters. The normalized spacial score (nSPS) is 12.8. The van der Waals surface area contributed by atoms with Gasteiger partial charge in [0.25, 0.3) is 0 Å². The van der Waals surface area contributed by atoms with Crippen LogP contribution in [0.15, 0.2) is 60.8 Å². The van der Waals surface area contributed by atoms with Crippen LogP contribution in [0.2, 0.25) is 0 Å². The number of esters is 1. The molecule has 3 rings (SSSR count). The summed E-state index contributed by atoms with van der Waals surface area (Å²) >= 11 is 0. The molecule has 1 heterocycles. The van der Waals surface area contributed by atoms with E-state index in [2.05, 4.69) is 51.8 Å². The summed E-state index contributed by atoms with van der Waals surface area (Å²) in [7, 11) is 0. The van der Waals surface area contributed by atoms with Gasteiger partial charge in [0, 0.05) is 6.42 Å². The minimum atomic E-state index is -0.537. The molecule has 1 aromatic heterocycles. The second-order valence-corrected chi connectivity index (χ2v) is 8.10. The van der Waals surface area contributed by atoms with Crippen molar-refractivity contribution in [2.45, 2.75) is 26.2 Å². The Kier molecular flexibility index (Phi) is 9.94. The molecule has 0 unspecified atom stereocenters. The minimum Gasteiger partial charge on any atom is -0.466 e. The van der Waals surface area contributed by atoms with Gasteiger partial charge in [0.1, 0.15) is 5.69 Å². The third-order valence-electron chi connectivity index (χ3n) is 5.55. The number of hydrogen-bond acceptors (Lipinski definition) is 7. The average Bonchev–Trinajstić information content (AvgIpc) is 3.40. The smallest absolute Gasteiger partial charge is 0.311 e. The Balaban J connectivity index is 1.76. The minimum absolute atomic E-state index is 0.126. The van der Waals surface area contributed by atoms with Gasteiger partial charge in [0.15, 0.2) is 5.78 Å². The second kappa shape index (κ2) is 13.4. The Morgan fingerprint density at radius 3 is 2.44 bits per heavy atom. The Morgan fingerprint density at radius 2 is 1.79 bits per heavy atom. The molecule has 2 aromatic carbocycles. The summed E-state index contributed by atoms with van der Waals surface area (Å²) in [6.07, 6.45) is 2.63. The van der Waals surface area contributed by atoms with Gasteiger partial charge in [-0.1, -0.05) is 54.6 Å². The number of aromatic nitrogens is 3. The Morgan fingerprint density at radius 1 is 1.06 bits per heavy atom. The van der Waals surface area contributed by atoms with Crippen LogP contribution in [0.3, 0.4) is 0 Å². The molecule has 2 N–H and O–H groups in total. The molecule has 8 nitrogen and oxygen atoms in total. The van der Waals surface area contributed by atoms with Crippen molar-refractivity contribution >= 4 is 11.8 Å². The maximum absolute atomic E-state index is 12.8. The van der Waals surface area contributed by atoms with E-state index in [9.17, 15) is 9.59 Å². The van der Waals surface area contributed by atoms with E-state index >= 15 is 0 Å². The predicted octanol–water partition coefficient (Wildman–Crippen LogP) is 3.48. The standard InChI is InChI=1S/C26H31N3O5/c1-2-34-26(32)23(18-33-13-12-30)15-20(16-25(31)24-17-27-29-28-24)14-19-8-10-22(11-9-19)21-6-4-3-5-7-21/h3-11,17,20,23,30H,2,12-16,18H2,1H3,(H,27,28,29)/t20-,23+/m1/s1. The molecule has 8 heteroatoms. The number of ether oxygens (including phenoxy) is 2. The van der Waals surface area contributed by atoms with E-state index in [-0.39, 0.29) is 56.2 Å². The van der Waals surface area contributed by atoms with Crippen molar-refractivity contribution in [1.29, 1.82) is 0 Å². The van der Waals surface area contributed by atoms with Crippen LogP contribution in [-0.4, -0.2) is 58.7 Å². The molecular formula is C26H31N3O5. The number of aliphatic hydroxyl groups excluding tert-OH is 1. The van der Waals surface area contributed by atoms with Gasteiger partial charge in [-0.15, -0.1) is 0 Å². The van der Waals surface area contributed by atoms with Crippen LogP contribution in [0, 0.1) is 11.8 Å². The Hall–Kier alpha value is -3.36. The van der Waals surface area contributed by atoms with E-state index in [0.29, 0.717) is 12.8 Å². The van der Waals surface area contributed by atoms with Crippen LogP contribution >= 0.6 is 0 Å². The van der Waals surface area contributed by atoms with Crippen molar-refractivity contribution in [2.24, 2.45) is 11.8 Å². The maximum atomic E-state index is 12.8. The Labute approximate surface area is 199 Å². The zero-order valence-electron chi connectivity index (χ0n) is 19.4. The SMILES string of the molecule is CCOC(=O)[C@H](COCCO)C[C@H](CC(=O)c1cn[nH]n1)Cc1ccc(-c2ccccc2)cc1. The number of hydrogen-bond donors (Lipinski definition) is 2. The quantitative estimate of drug-likeness (QED) is 0.213. The van der Waals surface area contributed by atoms with Crippen molar-refractivity contribution in [3.63, 3.8) is 0 Å². The fourth-order valence-corrected chi connectivity index (χ4v) is 3.92. The highest BCUT2D eigenvalue weighted by atomic mass is 16.5. The van der Waals surface area contributed by atoms with Gasteiger partial charge in [-0.2, -0.15) is 15.4 Å². The van der Waals surface area contributed by atoms with E-state index in [1.54, 1.807) is 6.92 Å². The number of Topliss-reactive ketones (excluding diaryl/α,β-unsaturated/α-hetero) is 1. The molecule has 0 fully saturated rings. The summed E-state index contributed by atoms with van der Waals surface area (Å²) in [4.78, 5) is 25.3. The van der Waals surface area contributed by atoms with E-state index < -0.39 is 5.92 Å². The number of ketones is 1. The number of nitrogens with zero attached hydrogens (tertiary/aromatic N) is 2. The maximum Gasteiger partial charge on any atom is 0.311 e. The molecule has 34 heavy (non-hydrogen) atoms.